The first kappa shape index (κ1) is 21.1. The fraction of sp³-hybridized carbons (Fsp3) is 0.250. The number of benzene rings is 2. The van der Waals surface area contributed by atoms with Gasteiger partial charge in [-0.15, -0.1) is 0 Å². The van der Waals surface area contributed by atoms with Crippen molar-refractivity contribution in [2.24, 2.45) is 0 Å². The Morgan fingerprint density at radius 1 is 0.565 bits per heavy atom. The number of rotatable bonds is 2. The highest BCUT2D eigenvalue weighted by molar-refractivity contribution is 7.90. The summed E-state index contributed by atoms with van der Waals surface area (Å²) in [7, 11) is -5.33. The molecule has 0 saturated heterocycles. The maximum Gasteiger partial charge on any atom is 0.144 e. The van der Waals surface area contributed by atoms with E-state index in [1.807, 2.05) is 60.7 Å². The summed E-state index contributed by atoms with van der Waals surface area (Å²) in [6, 6.07) is 19.5. The highest BCUT2D eigenvalue weighted by atomic mass is 32.2. The Balaban J connectivity index is 0.000000406. The standard InChI is InChI=1S/C12H10O.2C2H6O2S/c1-3-7-11(8-4-1)13-12-9-5-2-6-10-12;2*1-5(2,3)4/h1-10H;2*1-2H3. The molecule has 0 heterocycles. The average Bonchev–Trinajstić information content (AvgIpc) is 2.37. The molecule has 0 fully saturated rings. The lowest BCUT2D eigenvalue weighted by molar-refractivity contribution is 0.482. The maximum atomic E-state index is 9.63. The Morgan fingerprint density at radius 3 is 1.00 bits per heavy atom. The molecule has 23 heavy (non-hydrogen) atoms. The fourth-order valence-electron chi connectivity index (χ4n) is 1.11. The first-order chi connectivity index (χ1) is 10.4. The summed E-state index contributed by atoms with van der Waals surface area (Å²) in [6.07, 6.45) is 4.64. The minimum atomic E-state index is -2.67. The quantitative estimate of drug-likeness (QED) is 0.825. The normalized spacial score (nSPS) is 10.4. The van der Waals surface area contributed by atoms with Gasteiger partial charge in [-0.25, -0.2) is 16.8 Å². The zero-order valence-corrected chi connectivity index (χ0v) is 15.3. The van der Waals surface area contributed by atoms with Gasteiger partial charge in [-0.2, -0.15) is 0 Å². The maximum absolute atomic E-state index is 9.63. The van der Waals surface area contributed by atoms with E-state index < -0.39 is 19.7 Å². The molecule has 0 aliphatic carbocycles. The molecule has 2 rings (SSSR count). The van der Waals surface area contributed by atoms with Crippen molar-refractivity contribution in [2.45, 2.75) is 0 Å². The smallest absolute Gasteiger partial charge is 0.144 e. The predicted octanol–water partition coefficient (Wildman–Crippen LogP) is 2.80. The van der Waals surface area contributed by atoms with Gasteiger partial charge in [0.2, 0.25) is 0 Å². The zero-order valence-electron chi connectivity index (χ0n) is 13.6. The van der Waals surface area contributed by atoms with Crippen LogP contribution >= 0.6 is 0 Å². The monoisotopic (exact) mass is 358 g/mol. The highest BCUT2D eigenvalue weighted by Gasteiger charge is 1.92. The number of sulfone groups is 2. The number of para-hydroxylation sites is 2. The van der Waals surface area contributed by atoms with Gasteiger partial charge >= 0.3 is 0 Å². The minimum Gasteiger partial charge on any atom is -0.457 e. The Morgan fingerprint density at radius 2 is 0.783 bits per heavy atom. The molecule has 0 atom stereocenters. The predicted molar refractivity (Wildman–Crippen MR) is 94.5 cm³/mol. The van der Waals surface area contributed by atoms with Crippen LogP contribution in [0, 0.1) is 0 Å². The Kier molecular flexibility index (Phi) is 9.21. The second kappa shape index (κ2) is 10.0. The zero-order chi connectivity index (χ0) is 17.9. The summed E-state index contributed by atoms with van der Waals surface area (Å²) >= 11 is 0. The second-order valence-electron chi connectivity index (χ2n) is 5.01. The van der Waals surface area contributed by atoms with Crippen molar-refractivity contribution in [1.82, 2.24) is 0 Å². The van der Waals surface area contributed by atoms with Crippen LogP contribution in [0.5, 0.6) is 11.5 Å². The van der Waals surface area contributed by atoms with Crippen molar-refractivity contribution in [1.29, 1.82) is 0 Å². The Bertz CT molecular complexity index is 669. The third-order valence-electron chi connectivity index (χ3n) is 1.72. The highest BCUT2D eigenvalue weighted by Crippen LogP contribution is 2.19. The van der Waals surface area contributed by atoms with Crippen LogP contribution in [-0.2, 0) is 19.7 Å². The lowest BCUT2D eigenvalue weighted by Gasteiger charge is -2.03. The first-order valence-electron chi connectivity index (χ1n) is 6.53. The van der Waals surface area contributed by atoms with Gasteiger partial charge in [-0.05, 0) is 24.3 Å². The first-order valence-corrected chi connectivity index (χ1v) is 11.1. The van der Waals surface area contributed by atoms with E-state index in [0.717, 1.165) is 36.5 Å². The number of ether oxygens (including phenoxy) is 1. The summed E-state index contributed by atoms with van der Waals surface area (Å²) in [5.41, 5.74) is 0. The molecule has 0 N–H and O–H groups in total. The third-order valence-corrected chi connectivity index (χ3v) is 1.72. The van der Waals surface area contributed by atoms with E-state index in [9.17, 15) is 16.8 Å². The number of hydrogen-bond donors (Lipinski definition) is 0. The van der Waals surface area contributed by atoms with E-state index in [0.29, 0.717) is 0 Å². The van der Waals surface area contributed by atoms with Gasteiger partial charge < -0.3 is 4.74 Å². The Hall–Kier alpha value is -1.86. The molecule has 2 aromatic carbocycles. The minimum absolute atomic E-state index is 0.869. The van der Waals surface area contributed by atoms with Gasteiger partial charge in [-0.3, -0.25) is 0 Å². The molecule has 0 unspecified atom stereocenters. The summed E-state index contributed by atoms with van der Waals surface area (Å²) in [4.78, 5) is 0. The summed E-state index contributed by atoms with van der Waals surface area (Å²) in [5.74, 6) is 1.74. The van der Waals surface area contributed by atoms with E-state index in [-0.39, 0.29) is 0 Å². The van der Waals surface area contributed by atoms with Gasteiger partial charge in [0.15, 0.2) is 0 Å². The molecule has 0 saturated carbocycles. The van der Waals surface area contributed by atoms with Crippen molar-refractivity contribution in [3.05, 3.63) is 60.7 Å². The van der Waals surface area contributed by atoms with Gasteiger partial charge in [-0.1, -0.05) is 36.4 Å². The van der Waals surface area contributed by atoms with Crippen molar-refractivity contribution < 1.29 is 21.6 Å². The largest absolute Gasteiger partial charge is 0.457 e. The molecule has 2 aromatic rings. The van der Waals surface area contributed by atoms with E-state index in [4.69, 9.17) is 4.74 Å². The summed E-state index contributed by atoms with van der Waals surface area (Å²) < 4.78 is 44.1. The van der Waals surface area contributed by atoms with Crippen LogP contribution in [0.2, 0.25) is 0 Å². The molecule has 7 heteroatoms. The van der Waals surface area contributed by atoms with Crippen LogP contribution in [-0.4, -0.2) is 41.9 Å². The van der Waals surface area contributed by atoms with Crippen LogP contribution in [0.4, 0.5) is 0 Å². The lowest BCUT2D eigenvalue weighted by atomic mass is 10.3. The molecule has 0 aromatic heterocycles. The number of hydrogen-bond acceptors (Lipinski definition) is 5. The molecular formula is C16H22O5S2. The van der Waals surface area contributed by atoms with Crippen molar-refractivity contribution >= 4 is 19.7 Å². The van der Waals surface area contributed by atoms with Crippen molar-refractivity contribution in [3.8, 4) is 11.5 Å². The molecule has 0 radical (unpaired) electrons. The molecule has 0 bridgehead atoms. The average molecular weight is 358 g/mol. The molecule has 0 aliphatic heterocycles. The molecule has 0 spiro atoms. The van der Waals surface area contributed by atoms with Crippen LogP contribution in [0.3, 0.4) is 0 Å². The van der Waals surface area contributed by atoms with E-state index in [2.05, 4.69) is 0 Å². The van der Waals surface area contributed by atoms with Gasteiger partial charge in [0, 0.05) is 25.0 Å². The van der Waals surface area contributed by atoms with E-state index >= 15 is 0 Å². The molecular weight excluding hydrogens is 336 g/mol. The molecule has 128 valence electrons. The topological polar surface area (TPSA) is 77.5 Å². The van der Waals surface area contributed by atoms with Gasteiger partial charge in [0.25, 0.3) is 0 Å². The van der Waals surface area contributed by atoms with Crippen LogP contribution in [0.15, 0.2) is 60.7 Å². The van der Waals surface area contributed by atoms with Crippen LogP contribution in [0.1, 0.15) is 0 Å². The SMILES string of the molecule is CS(C)(=O)=O.CS(C)(=O)=O.c1ccc(Oc2ccccc2)cc1. The van der Waals surface area contributed by atoms with Crippen LogP contribution in [0.25, 0.3) is 0 Å². The molecule has 5 nitrogen and oxygen atoms in total. The van der Waals surface area contributed by atoms with Crippen LogP contribution < -0.4 is 4.74 Å². The van der Waals surface area contributed by atoms with Gasteiger partial charge in [0.05, 0.1) is 0 Å². The van der Waals surface area contributed by atoms with Crippen molar-refractivity contribution in [3.63, 3.8) is 0 Å². The molecule has 0 amide bonds. The van der Waals surface area contributed by atoms with Gasteiger partial charge in [0.1, 0.15) is 31.2 Å². The molecule has 0 aliphatic rings. The third kappa shape index (κ3) is 20.1. The van der Waals surface area contributed by atoms with E-state index in [1.165, 1.54) is 0 Å². The summed E-state index contributed by atoms with van der Waals surface area (Å²) in [5, 5.41) is 0. The Labute approximate surface area is 138 Å². The fourth-order valence-corrected chi connectivity index (χ4v) is 1.11. The lowest BCUT2D eigenvalue weighted by Crippen LogP contribution is -1.86. The van der Waals surface area contributed by atoms with Crippen molar-refractivity contribution in [2.75, 3.05) is 25.0 Å². The second-order valence-corrected chi connectivity index (χ2v) is 9.59. The summed E-state index contributed by atoms with van der Waals surface area (Å²) in [6.45, 7) is 0. The van der Waals surface area contributed by atoms with E-state index in [1.54, 1.807) is 0 Å².